The molecular formula is C14H16ClN3O. The molecule has 0 aliphatic carbocycles. The summed E-state index contributed by atoms with van der Waals surface area (Å²) in [6.45, 7) is 3.23. The maximum absolute atomic E-state index is 12.5. The number of hydrogen-bond acceptors (Lipinski definition) is 2. The second-order valence-corrected chi connectivity index (χ2v) is 5.22. The number of fused-ring (bicyclic) bond motifs is 1. The van der Waals surface area contributed by atoms with Crippen molar-refractivity contribution in [3.63, 3.8) is 0 Å². The summed E-state index contributed by atoms with van der Waals surface area (Å²) in [5.41, 5.74) is 1.62. The van der Waals surface area contributed by atoms with Gasteiger partial charge in [-0.1, -0.05) is 23.7 Å². The van der Waals surface area contributed by atoms with Crippen molar-refractivity contribution in [2.45, 2.75) is 0 Å². The van der Waals surface area contributed by atoms with Gasteiger partial charge in [0.05, 0.1) is 10.5 Å². The van der Waals surface area contributed by atoms with Gasteiger partial charge in [-0.3, -0.25) is 4.79 Å². The van der Waals surface area contributed by atoms with E-state index in [2.05, 4.69) is 5.32 Å². The second kappa shape index (κ2) is 4.87. The van der Waals surface area contributed by atoms with Crippen LogP contribution in [0.2, 0.25) is 5.02 Å². The monoisotopic (exact) mass is 277 g/mol. The van der Waals surface area contributed by atoms with Gasteiger partial charge in [-0.15, -0.1) is 0 Å². The minimum atomic E-state index is 0.0799. The molecule has 4 nitrogen and oxygen atoms in total. The number of aromatic nitrogens is 1. The molecule has 0 saturated carbocycles. The van der Waals surface area contributed by atoms with Crippen molar-refractivity contribution in [3.05, 3.63) is 35.0 Å². The quantitative estimate of drug-likeness (QED) is 0.864. The summed E-state index contributed by atoms with van der Waals surface area (Å²) < 4.78 is 1.89. The molecular weight excluding hydrogens is 262 g/mol. The molecule has 1 aliphatic heterocycles. The lowest BCUT2D eigenvalue weighted by molar-refractivity contribution is 0.0726. The first-order valence-corrected chi connectivity index (χ1v) is 6.80. The van der Waals surface area contributed by atoms with Gasteiger partial charge in [0.25, 0.3) is 5.91 Å². The molecule has 5 heteroatoms. The third kappa shape index (κ3) is 2.11. The molecule has 1 aromatic carbocycles. The normalized spacial score (nSPS) is 16.0. The maximum Gasteiger partial charge on any atom is 0.270 e. The zero-order valence-electron chi connectivity index (χ0n) is 10.8. The van der Waals surface area contributed by atoms with Gasteiger partial charge in [-0.25, -0.2) is 0 Å². The number of nitrogens with one attached hydrogen (secondary N) is 1. The van der Waals surface area contributed by atoms with Crippen LogP contribution in [0.1, 0.15) is 10.5 Å². The second-order valence-electron chi connectivity index (χ2n) is 4.81. The molecule has 2 heterocycles. The van der Waals surface area contributed by atoms with Crippen molar-refractivity contribution < 1.29 is 4.79 Å². The van der Waals surface area contributed by atoms with Crippen LogP contribution in [0.3, 0.4) is 0 Å². The van der Waals surface area contributed by atoms with Crippen LogP contribution in [-0.2, 0) is 7.05 Å². The minimum Gasteiger partial charge on any atom is -0.338 e. The van der Waals surface area contributed by atoms with E-state index in [-0.39, 0.29) is 5.91 Å². The Hall–Kier alpha value is -1.52. The summed E-state index contributed by atoms with van der Waals surface area (Å²) in [6, 6.07) is 7.66. The lowest BCUT2D eigenvalue weighted by atomic mass is 10.2. The molecule has 100 valence electrons. The molecule has 3 rings (SSSR count). The van der Waals surface area contributed by atoms with Gasteiger partial charge >= 0.3 is 0 Å². The lowest BCUT2D eigenvalue weighted by Crippen LogP contribution is -2.46. The topological polar surface area (TPSA) is 37.3 Å². The van der Waals surface area contributed by atoms with E-state index in [9.17, 15) is 4.79 Å². The van der Waals surface area contributed by atoms with E-state index in [1.807, 2.05) is 40.8 Å². The Morgan fingerprint density at radius 2 is 2.05 bits per heavy atom. The zero-order valence-corrected chi connectivity index (χ0v) is 11.6. The largest absolute Gasteiger partial charge is 0.338 e. The summed E-state index contributed by atoms with van der Waals surface area (Å²) >= 11 is 6.21. The zero-order chi connectivity index (χ0) is 13.4. The molecule has 0 bridgehead atoms. The first-order chi connectivity index (χ1) is 9.18. The van der Waals surface area contributed by atoms with Crippen LogP contribution in [0.15, 0.2) is 24.3 Å². The Morgan fingerprint density at radius 1 is 1.32 bits per heavy atom. The Bertz CT molecular complexity index is 629. The number of carbonyl (C=O) groups excluding carboxylic acids is 1. The average Bonchev–Trinajstić information content (AvgIpc) is 2.78. The Labute approximate surface area is 116 Å². The van der Waals surface area contributed by atoms with Crippen LogP contribution in [0, 0.1) is 0 Å². The molecule has 0 radical (unpaired) electrons. The average molecular weight is 278 g/mol. The van der Waals surface area contributed by atoms with Crippen LogP contribution in [0.25, 0.3) is 10.9 Å². The highest BCUT2D eigenvalue weighted by Gasteiger charge is 2.21. The molecule has 0 atom stereocenters. The number of aryl methyl sites for hydroxylation is 1. The fraction of sp³-hybridized carbons (Fsp3) is 0.357. The van der Waals surface area contributed by atoms with E-state index in [0.29, 0.717) is 10.7 Å². The SMILES string of the molecule is Cn1c(C(=O)N2CCNCC2)cc2cccc(Cl)c21. The van der Waals surface area contributed by atoms with E-state index < -0.39 is 0 Å². The first kappa shape index (κ1) is 12.5. The number of carbonyl (C=O) groups is 1. The van der Waals surface area contributed by atoms with Crippen LogP contribution in [0.5, 0.6) is 0 Å². The van der Waals surface area contributed by atoms with Crippen LogP contribution in [-0.4, -0.2) is 41.6 Å². The molecule has 1 aromatic heterocycles. The minimum absolute atomic E-state index is 0.0799. The standard InChI is InChI=1S/C14H16ClN3O/c1-17-12(14(19)18-7-5-16-6-8-18)9-10-3-2-4-11(15)13(10)17/h2-4,9,16H,5-8H2,1H3. The summed E-state index contributed by atoms with van der Waals surface area (Å²) in [6.07, 6.45) is 0. The van der Waals surface area contributed by atoms with Crippen molar-refractivity contribution in [1.82, 2.24) is 14.8 Å². The Balaban J connectivity index is 2.03. The summed E-state index contributed by atoms with van der Waals surface area (Å²) in [5.74, 6) is 0.0799. The van der Waals surface area contributed by atoms with E-state index in [1.54, 1.807) is 0 Å². The van der Waals surface area contributed by atoms with Gasteiger partial charge in [-0.05, 0) is 12.1 Å². The molecule has 1 N–H and O–H groups in total. The van der Waals surface area contributed by atoms with Crippen molar-refractivity contribution in [1.29, 1.82) is 0 Å². The summed E-state index contributed by atoms with van der Waals surface area (Å²) in [4.78, 5) is 14.4. The van der Waals surface area contributed by atoms with Crippen LogP contribution < -0.4 is 5.32 Å². The van der Waals surface area contributed by atoms with E-state index in [1.165, 1.54) is 0 Å². The number of benzene rings is 1. The van der Waals surface area contributed by atoms with Gasteiger partial charge in [-0.2, -0.15) is 0 Å². The molecule has 0 spiro atoms. The van der Waals surface area contributed by atoms with Gasteiger partial charge in [0.1, 0.15) is 5.69 Å². The number of nitrogens with zero attached hydrogens (tertiary/aromatic N) is 2. The first-order valence-electron chi connectivity index (χ1n) is 6.42. The van der Waals surface area contributed by atoms with Crippen molar-refractivity contribution >= 4 is 28.4 Å². The number of piperazine rings is 1. The van der Waals surface area contributed by atoms with Crippen LogP contribution in [0.4, 0.5) is 0 Å². The molecule has 2 aromatic rings. The Kier molecular flexibility index (Phi) is 3.21. The smallest absolute Gasteiger partial charge is 0.270 e. The van der Waals surface area contributed by atoms with E-state index in [4.69, 9.17) is 11.6 Å². The molecule has 1 fully saturated rings. The molecule has 19 heavy (non-hydrogen) atoms. The number of para-hydroxylation sites is 1. The number of halogens is 1. The molecule has 1 aliphatic rings. The predicted molar refractivity (Wildman–Crippen MR) is 76.7 cm³/mol. The maximum atomic E-state index is 12.5. The Morgan fingerprint density at radius 3 is 2.74 bits per heavy atom. The number of amides is 1. The van der Waals surface area contributed by atoms with Crippen molar-refractivity contribution in [3.8, 4) is 0 Å². The predicted octanol–water partition coefficient (Wildman–Crippen LogP) is 1.88. The van der Waals surface area contributed by atoms with Gasteiger partial charge in [0.15, 0.2) is 0 Å². The van der Waals surface area contributed by atoms with Crippen molar-refractivity contribution in [2.24, 2.45) is 7.05 Å². The third-order valence-electron chi connectivity index (χ3n) is 3.63. The highest BCUT2D eigenvalue weighted by atomic mass is 35.5. The van der Waals surface area contributed by atoms with Gasteiger partial charge in [0.2, 0.25) is 0 Å². The van der Waals surface area contributed by atoms with Crippen molar-refractivity contribution in [2.75, 3.05) is 26.2 Å². The summed E-state index contributed by atoms with van der Waals surface area (Å²) in [7, 11) is 1.89. The highest BCUT2D eigenvalue weighted by Crippen LogP contribution is 2.26. The highest BCUT2D eigenvalue weighted by molar-refractivity contribution is 6.35. The fourth-order valence-electron chi connectivity index (χ4n) is 2.60. The molecule has 1 amide bonds. The summed E-state index contributed by atoms with van der Waals surface area (Å²) in [5, 5.41) is 4.94. The lowest BCUT2D eigenvalue weighted by Gasteiger charge is -2.27. The van der Waals surface area contributed by atoms with E-state index in [0.717, 1.165) is 37.1 Å². The van der Waals surface area contributed by atoms with Gasteiger partial charge < -0.3 is 14.8 Å². The van der Waals surface area contributed by atoms with E-state index >= 15 is 0 Å². The fourth-order valence-corrected chi connectivity index (χ4v) is 2.91. The molecule has 0 unspecified atom stereocenters. The van der Waals surface area contributed by atoms with Gasteiger partial charge in [0, 0.05) is 38.6 Å². The number of rotatable bonds is 1. The van der Waals surface area contributed by atoms with Crippen LogP contribution >= 0.6 is 11.6 Å². The number of hydrogen-bond donors (Lipinski definition) is 1. The molecule has 1 saturated heterocycles. The third-order valence-corrected chi connectivity index (χ3v) is 3.94.